The number of aryl methyl sites for hydroxylation is 2. The van der Waals surface area contributed by atoms with Gasteiger partial charge in [0.1, 0.15) is 0 Å². The van der Waals surface area contributed by atoms with Gasteiger partial charge in [-0.15, -0.1) is 0 Å². The van der Waals surface area contributed by atoms with Crippen LogP contribution in [0, 0.1) is 0 Å². The van der Waals surface area contributed by atoms with Crippen LogP contribution in [0.2, 0.25) is 0 Å². The first kappa shape index (κ1) is 16.8. The molecule has 0 radical (unpaired) electrons. The summed E-state index contributed by atoms with van der Waals surface area (Å²) in [5.74, 6) is 0. The number of unbranched alkanes of at least 4 members (excludes halogenated alkanes) is 5. The maximum absolute atomic E-state index is 5.61. The van der Waals surface area contributed by atoms with Gasteiger partial charge in [0.05, 0.1) is 6.33 Å². The molecule has 120 valence electrons. The Balaban J connectivity index is 1.48. The Morgan fingerprint density at radius 2 is 1.59 bits per heavy atom. The van der Waals surface area contributed by atoms with E-state index in [-0.39, 0.29) is 0 Å². The molecule has 3 nitrogen and oxygen atoms in total. The predicted molar refractivity (Wildman–Crippen MR) is 92.8 cm³/mol. The number of benzene rings is 1. The van der Waals surface area contributed by atoms with E-state index in [4.69, 9.17) is 5.73 Å². The maximum Gasteiger partial charge on any atom is 0.0948 e. The molecule has 0 bridgehead atoms. The van der Waals surface area contributed by atoms with Crippen molar-refractivity contribution in [2.75, 3.05) is 6.54 Å². The molecule has 0 saturated heterocycles. The van der Waals surface area contributed by atoms with Crippen molar-refractivity contribution in [1.29, 1.82) is 0 Å². The lowest BCUT2D eigenvalue weighted by Gasteiger charge is -2.07. The van der Waals surface area contributed by atoms with Crippen LogP contribution in [0.25, 0.3) is 0 Å². The molecule has 0 aliphatic rings. The van der Waals surface area contributed by atoms with E-state index in [2.05, 4.69) is 39.9 Å². The van der Waals surface area contributed by atoms with E-state index in [9.17, 15) is 0 Å². The minimum Gasteiger partial charge on any atom is -0.335 e. The van der Waals surface area contributed by atoms with Crippen LogP contribution in [0.5, 0.6) is 0 Å². The zero-order chi connectivity index (χ0) is 15.5. The van der Waals surface area contributed by atoms with E-state index in [0.29, 0.717) is 6.54 Å². The number of hydrogen-bond donors (Lipinski definition) is 1. The summed E-state index contributed by atoms with van der Waals surface area (Å²) in [7, 11) is 0. The molecule has 0 saturated carbocycles. The zero-order valence-corrected chi connectivity index (χ0v) is 13.6. The molecule has 0 amide bonds. The van der Waals surface area contributed by atoms with Crippen molar-refractivity contribution in [3.63, 3.8) is 0 Å². The summed E-state index contributed by atoms with van der Waals surface area (Å²) in [6.07, 6.45) is 13.9. The van der Waals surface area contributed by atoms with Gasteiger partial charge < -0.3 is 10.3 Å². The highest BCUT2D eigenvalue weighted by atomic mass is 15.0. The second-order valence-corrected chi connectivity index (χ2v) is 5.97. The number of rotatable bonds is 11. The van der Waals surface area contributed by atoms with Crippen LogP contribution in [0.3, 0.4) is 0 Å². The maximum atomic E-state index is 5.61. The van der Waals surface area contributed by atoms with Gasteiger partial charge >= 0.3 is 0 Å². The van der Waals surface area contributed by atoms with E-state index >= 15 is 0 Å². The molecule has 0 atom stereocenters. The van der Waals surface area contributed by atoms with Crippen molar-refractivity contribution in [3.8, 4) is 0 Å². The van der Waals surface area contributed by atoms with Gasteiger partial charge in [0.25, 0.3) is 0 Å². The van der Waals surface area contributed by atoms with Crippen molar-refractivity contribution in [1.82, 2.24) is 9.55 Å². The van der Waals surface area contributed by atoms with Gasteiger partial charge in [0.2, 0.25) is 0 Å². The van der Waals surface area contributed by atoms with Gasteiger partial charge in [0, 0.05) is 24.9 Å². The molecule has 0 spiro atoms. The highest BCUT2D eigenvalue weighted by Gasteiger charge is 2.00. The molecule has 3 heteroatoms. The summed E-state index contributed by atoms with van der Waals surface area (Å²) in [6.45, 7) is 1.78. The fourth-order valence-electron chi connectivity index (χ4n) is 2.87. The van der Waals surface area contributed by atoms with Crippen LogP contribution < -0.4 is 5.73 Å². The molecule has 1 aromatic heterocycles. The van der Waals surface area contributed by atoms with Crippen LogP contribution in [-0.4, -0.2) is 16.1 Å². The summed E-state index contributed by atoms with van der Waals surface area (Å²) in [5, 5.41) is 0. The monoisotopic (exact) mass is 299 g/mol. The topological polar surface area (TPSA) is 43.8 Å². The van der Waals surface area contributed by atoms with Gasteiger partial charge in [-0.05, 0) is 31.4 Å². The Hall–Kier alpha value is -1.61. The summed E-state index contributed by atoms with van der Waals surface area (Å²) in [6, 6.07) is 10.8. The molecular formula is C19H29N3. The minimum atomic E-state index is 0.701. The lowest BCUT2D eigenvalue weighted by Crippen LogP contribution is -2.08. The molecule has 2 N–H and O–H groups in total. The molecule has 2 aromatic rings. The smallest absolute Gasteiger partial charge is 0.0948 e. The van der Waals surface area contributed by atoms with Crippen molar-refractivity contribution in [2.45, 2.75) is 57.9 Å². The molecule has 1 heterocycles. The predicted octanol–water partition coefficient (Wildman–Crippen LogP) is 3.97. The number of nitrogens with zero attached hydrogens (tertiary/aromatic N) is 2. The Labute approximate surface area is 134 Å². The third kappa shape index (κ3) is 6.02. The fraction of sp³-hybridized carbons (Fsp3) is 0.526. The van der Waals surface area contributed by atoms with E-state index in [1.165, 1.54) is 56.2 Å². The normalized spacial score (nSPS) is 11.0. The van der Waals surface area contributed by atoms with Gasteiger partial charge in [0.15, 0.2) is 0 Å². The van der Waals surface area contributed by atoms with E-state index in [0.717, 1.165) is 13.0 Å². The van der Waals surface area contributed by atoms with Gasteiger partial charge in [-0.2, -0.15) is 0 Å². The summed E-state index contributed by atoms with van der Waals surface area (Å²) in [5.41, 5.74) is 8.35. The Kier molecular flexibility index (Phi) is 7.75. The number of nitrogens with two attached hydrogens (primary N) is 1. The highest BCUT2D eigenvalue weighted by molar-refractivity contribution is 5.14. The van der Waals surface area contributed by atoms with Gasteiger partial charge in [-0.25, -0.2) is 4.98 Å². The van der Waals surface area contributed by atoms with E-state index in [1.54, 1.807) is 0 Å². The molecule has 1 aromatic carbocycles. The minimum absolute atomic E-state index is 0.701. The summed E-state index contributed by atoms with van der Waals surface area (Å²) >= 11 is 0. The first-order valence-corrected chi connectivity index (χ1v) is 8.63. The molecule has 22 heavy (non-hydrogen) atoms. The Morgan fingerprint density at radius 1 is 0.864 bits per heavy atom. The van der Waals surface area contributed by atoms with Crippen molar-refractivity contribution < 1.29 is 0 Å². The highest BCUT2D eigenvalue weighted by Crippen LogP contribution is 2.11. The second kappa shape index (κ2) is 10.2. The third-order valence-corrected chi connectivity index (χ3v) is 4.16. The number of aromatic nitrogens is 2. The third-order valence-electron chi connectivity index (χ3n) is 4.16. The molecule has 0 unspecified atom stereocenters. The Bertz CT molecular complexity index is 504. The summed E-state index contributed by atoms with van der Waals surface area (Å²) in [4.78, 5) is 4.22. The van der Waals surface area contributed by atoms with Crippen LogP contribution in [-0.2, 0) is 19.4 Å². The second-order valence-electron chi connectivity index (χ2n) is 5.97. The van der Waals surface area contributed by atoms with Gasteiger partial charge in [-0.3, -0.25) is 0 Å². The van der Waals surface area contributed by atoms with Crippen LogP contribution in [0.4, 0.5) is 0 Å². The van der Waals surface area contributed by atoms with Crippen LogP contribution >= 0.6 is 0 Å². The standard InChI is InChI=1S/C19H29N3/c20-14-13-19-16-21-17-22(19)15-9-4-2-1-3-6-10-18-11-7-5-8-12-18/h5,7-8,11-12,16-17H,1-4,6,9-10,13-15,20H2. The number of hydrogen-bond acceptors (Lipinski definition) is 2. The number of imidazole rings is 1. The largest absolute Gasteiger partial charge is 0.335 e. The molecule has 0 fully saturated rings. The Morgan fingerprint density at radius 3 is 2.36 bits per heavy atom. The van der Waals surface area contributed by atoms with Crippen molar-refractivity contribution in [3.05, 3.63) is 54.1 Å². The van der Waals surface area contributed by atoms with Crippen molar-refractivity contribution >= 4 is 0 Å². The molecule has 0 aliphatic heterocycles. The average molecular weight is 299 g/mol. The quantitative estimate of drug-likeness (QED) is 0.638. The molecule has 0 aliphatic carbocycles. The molecular weight excluding hydrogens is 270 g/mol. The fourth-order valence-corrected chi connectivity index (χ4v) is 2.87. The lowest BCUT2D eigenvalue weighted by molar-refractivity contribution is 0.543. The first-order chi connectivity index (χ1) is 10.9. The van der Waals surface area contributed by atoms with Gasteiger partial charge in [-0.1, -0.05) is 56.0 Å². The lowest BCUT2D eigenvalue weighted by atomic mass is 10.0. The zero-order valence-electron chi connectivity index (χ0n) is 13.6. The van der Waals surface area contributed by atoms with E-state index in [1.807, 2.05) is 12.5 Å². The van der Waals surface area contributed by atoms with Crippen LogP contribution in [0.15, 0.2) is 42.9 Å². The van der Waals surface area contributed by atoms with E-state index < -0.39 is 0 Å². The van der Waals surface area contributed by atoms with Crippen molar-refractivity contribution in [2.24, 2.45) is 5.73 Å². The van der Waals surface area contributed by atoms with Crippen LogP contribution in [0.1, 0.15) is 49.8 Å². The summed E-state index contributed by atoms with van der Waals surface area (Å²) < 4.78 is 2.25. The molecule has 2 rings (SSSR count). The average Bonchev–Trinajstić information content (AvgIpc) is 2.99. The first-order valence-electron chi connectivity index (χ1n) is 8.63. The SMILES string of the molecule is NCCc1cncn1CCCCCCCCc1ccccc1.